The number of carbonyl (C=O) groups is 3. The first-order chi connectivity index (χ1) is 47.8. The Morgan fingerprint density at radius 3 is 1.96 bits per heavy atom. The molecule has 0 spiro atoms. The molecular formula is C68H79N10O20S+. The van der Waals surface area contributed by atoms with Crippen LogP contribution in [-0.2, 0) is 68.9 Å². The smallest absolute Gasteiger partial charge is 0.493 e. The maximum absolute atomic E-state index is 14.2. The molecule has 30 nitrogen and oxygen atoms in total. The van der Waals surface area contributed by atoms with Gasteiger partial charge in [-0.25, -0.2) is 4.98 Å². The van der Waals surface area contributed by atoms with E-state index >= 15 is 0 Å². The number of hydrogen-bond acceptors (Lipinski definition) is 24. The highest BCUT2D eigenvalue weighted by Gasteiger charge is 2.45. The molecule has 0 radical (unpaired) electrons. The second-order valence-electron chi connectivity index (χ2n) is 24.5. The summed E-state index contributed by atoms with van der Waals surface area (Å²) in [5.74, 6) is -0.564. The quantitative estimate of drug-likeness (QED) is 0.0101. The number of ketones is 1. The summed E-state index contributed by atoms with van der Waals surface area (Å²) < 4.78 is 93.5. The number of likely N-dealkylation sites (N-methyl/N-ethyl adjacent to an activating group) is 1. The maximum atomic E-state index is 14.2. The number of nitrogens with zero attached hydrogens (tertiary/aromatic N) is 10. The fraction of sp³-hybridized carbons (Fsp3) is 0.441. The lowest BCUT2D eigenvalue weighted by atomic mass is 9.94. The van der Waals surface area contributed by atoms with E-state index in [0.29, 0.717) is 104 Å². The Morgan fingerprint density at radius 2 is 1.32 bits per heavy atom. The predicted octanol–water partition coefficient (Wildman–Crippen LogP) is 5.31. The van der Waals surface area contributed by atoms with E-state index in [1.807, 2.05) is 41.8 Å². The van der Waals surface area contributed by atoms with Crippen LogP contribution in [0.15, 0.2) is 112 Å². The predicted molar refractivity (Wildman–Crippen MR) is 355 cm³/mol. The molecule has 526 valence electrons. The van der Waals surface area contributed by atoms with E-state index in [1.54, 1.807) is 60.1 Å². The van der Waals surface area contributed by atoms with Gasteiger partial charge in [-0.3, -0.25) is 24.4 Å². The van der Waals surface area contributed by atoms with Crippen LogP contribution in [-0.4, -0.2) is 226 Å². The van der Waals surface area contributed by atoms with Gasteiger partial charge >= 0.3 is 10.4 Å². The molecule has 31 heteroatoms. The number of aliphatic hydroxyl groups is 4. The number of rotatable bonds is 33. The van der Waals surface area contributed by atoms with Gasteiger partial charge in [0.25, 0.3) is 11.8 Å². The van der Waals surface area contributed by atoms with Crippen LogP contribution in [0.25, 0.3) is 10.4 Å². The minimum Gasteiger partial charge on any atom is -0.493 e. The van der Waals surface area contributed by atoms with Crippen LogP contribution >= 0.6 is 0 Å². The van der Waals surface area contributed by atoms with Crippen LogP contribution in [0.3, 0.4) is 0 Å². The molecule has 4 N–H and O–H groups in total. The first kappa shape index (κ1) is 71.1. The number of aliphatic imine (C=N–C) groups is 2. The fourth-order valence-corrected chi connectivity index (χ4v) is 13.0. The molecule has 1 saturated heterocycles. The molecule has 11 rings (SSSR count). The standard InChI is InChI=1S/C68H79N10O20S/c1-75-41-72-53-38-77-47(30-54(53)75)36-71-52-34-60(58(89-4)32-50(52)67(77)85)94-23-19-78(2,18-22-93-59-33-51-49(31-57(59)88-3)66(84)76-37-45-9-6-5-8-43(45)28-46(76)35-70-51)39-42-11-14-48(15-12-42)97-99(86,87)98-61-29-44(13-16-56(61)95-68-65(83)64(82)63(81)62(40-79)96-68)55(80)10-7-20-90-24-26-92-27-25-91-21-17-73-74-69/h5-6,8-9,11-16,29,31-36,41,46-47,62-65,68,79,81-83H,7,10,17-28,30,37-40H2,1-4H3/q+1/t46-,47-,62+,63-,64-,65+,68?,78?/m0/s1. The third kappa shape index (κ3) is 17.1. The maximum Gasteiger partial charge on any atom is 0.501 e. The van der Waals surface area contributed by atoms with Crippen LogP contribution in [0.1, 0.15) is 72.0 Å². The number of carbonyl (C=O) groups excluding carboxylic acids is 3. The van der Waals surface area contributed by atoms with Crippen molar-refractivity contribution in [3.05, 3.63) is 153 Å². The molecule has 1 fully saturated rings. The van der Waals surface area contributed by atoms with Gasteiger partial charge in [0.2, 0.25) is 6.29 Å². The molecule has 5 aliphatic heterocycles. The highest BCUT2D eigenvalue weighted by Crippen LogP contribution is 2.41. The van der Waals surface area contributed by atoms with Crippen molar-refractivity contribution in [3.8, 4) is 40.2 Å². The molecule has 6 heterocycles. The minimum absolute atomic E-state index is 0.000380. The van der Waals surface area contributed by atoms with E-state index < -0.39 is 59.2 Å². The summed E-state index contributed by atoms with van der Waals surface area (Å²) in [6.45, 7) is 3.03. The first-order valence-electron chi connectivity index (χ1n) is 32.3. The van der Waals surface area contributed by atoms with Crippen LogP contribution in [0.5, 0.6) is 40.2 Å². The summed E-state index contributed by atoms with van der Waals surface area (Å²) in [6, 6.07) is 24.0. The monoisotopic (exact) mass is 1390 g/mol. The van der Waals surface area contributed by atoms with Crippen molar-refractivity contribution in [2.45, 2.75) is 88.1 Å². The third-order valence-electron chi connectivity index (χ3n) is 17.7. The number of aromatic nitrogens is 2. The number of ether oxygens (including phenoxy) is 9. The van der Waals surface area contributed by atoms with Crippen molar-refractivity contribution >= 4 is 51.8 Å². The van der Waals surface area contributed by atoms with E-state index in [9.17, 15) is 43.2 Å². The number of benzene rings is 5. The lowest BCUT2D eigenvalue weighted by molar-refractivity contribution is -0.922. The molecule has 2 unspecified atom stereocenters. The summed E-state index contributed by atoms with van der Waals surface area (Å²) in [5, 5.41) is 45.0. The lowest BCUT2D eigenvalue weighted by Gasteiger charge is -2.39. The Bertz CT molecular complexity index is 4110. The van der Waals surface area contributed by atoms with Crippen molar-refractivity contribution in [2.75, 3.05) is 100 Å². The molecule has 5 aliphatic rings. The van der Waals surface area contributed by atoms with Gasteiger partial charge in [0.15, 0.2) is 40.3 Å². The van der Waals surface area contributed by atoms with Crippen molar-refractivity contribution in [1.82, 2.24) is 19.4 Å². The molecule has 99 heavy (non-hydrogen) atoms. The SMILES string of the molecule is COc1cc2c(cc1OCC[N+](C)(CCOc1cc3c(cc1OC)C(=O)N1Cc4ncn(C)c4C[C@H]1C=N3)Cc1ccc(OS(=O)(=O)Oc3cc(C(=O)CCCOCCOCCOCCN=[N+]=[N-])ccc3OC3O[C@H](CO)[C@H](O)[C@H](O)[C@H]3O)cc1)N=C[C@@H]1Cc3ccccc3CN1C2=O. The number of quaternary nitrogens is 1. The van der Waals surface area contributed by atoms with Gasteiger partial charge in [0, 0.05) is 85.9 Å². The van der Waals surface area contributed by atoms with E-state index in [4.69, 9.17) is 66.5 Å². The Morgan fingerprint density at radius 1 is 0.707 bits per heavy atom. The van der Waals surface area contributed by atoms with Gasteiger partial charge < -0.3 is 90.3 Å². The van der Waals surface area contributed by atoms with Gasteiger partial charge in [-0.05, 0) is 84.1 Å². The minimum atomic E-state index is -5.08. The van der Waals surface area contributed by atoms with Crippen LogP contribution in [0.4, 0.5) is 11.4 Å². The second kappa shape index (κ2) is 32.2. The van der Waals surface area contributed by atoms with E-state index in [0.717, 1.165) is 34.1 Å². The van der Waals surface area contributed by atoms with Gasteiger partial charge in [0.05, 0.1) is 114 Å². The summed E-state index contributed by atoms with van der Waals surface area (Å²) >= 11 is 0. The molecule has 6 aromatic rings. The number of Topliss-reactive ketones (excluding diaryl/α,β-unsaturated/α-hetero) is 1. The normalized spacial score (nSPS) is 20.5. The zero-order chi connectivity index (χ0) is 69.8. The van der Waals surface area contributed by atoms with Crippen LogP contribution in [0, 0.1) is 0 Å². The van der Waals surface area contributed by atoms with Gasteiger partial charge in [0.1, 0.15) is 63.0 Å². The first-order valence-corrected chi connectivity index (χ1v) is 33.6. The number of hydrogen-bond donors (Lipinski definition) is 4. The second-order valence-corrected chi connectivity index (χ2v) is 25.6. The fourth-order valence-electron chi connectivity index (χ4n) is 12.2. The van der Waals surface area contributed by atoms with E-state index in [-0.39, 0.29) is 104 Å². The highest BCUT2D eigenvalue weighted by atomic mass is 32.3. The number of imidazole rings is 1. The Balaban J connectivity index is 0.786. The highest BCUT2D eigenvalue weighted by molar-refractivity contribution is 7.82. The van der Waals surface area contributed by atoms with Crippen LogP contribution in [0.2, 0.25) is 0 Å². The zero-order valence-electron chi connectivity index (χ0n) is 55.1. The molecule has 0 aliphatic carbocycles. The third-order valence-corrected chi connectivity index (χ3v) is 18.5. The molecular weight excluding hydrogens is 1310 g/mol. The summed E-state index contributed by atoms with van der Waals surface area (Å²) in [5.41, 5.74) is 14.8. The molecule has 8 atom stereocenters. The topological polar surface area (TPSA) is 366 Å². The average Bonchev–Trinajstić information content (AvgIpc) is 1.69. The number of azide groups is 1. The van der Waals surface area contributed by atoms with Gasteiger partial charge in [-0.1, -0.05) is 29.4 Å². The molecule has 2 amide bonds. The van der Waals surface area contributed by atoms with E-state index in [1.165, 1.54) is 38.5 Å². The van der Waals surface area contributed by atoms with E-state index in [2.05, 4.69) is 21.1 Å². The number of amides is 2. The Labute approximate surface area is 570 Å². The summed E-state index contributed by atoms with van der Waals surface area (Å²) in [7, 11) is 1.84. The van der Waals surface area contributed by atoms with Crippen molar-refractivity contribution in [1.29, 1.82) is 0 Å². The molecule has 5 aromatic carbocycles. The number of methoxy groups -OCH3 is 2. The Hall–Kier alpha value is -9.24. The molecule has 1 aromatic heterocycles. The Kier molecular flexibility index (Phi) is 23.1. The number of aliphatic hydroxyl groups excluding tert-OH is 4. The van der Waals surface area contributed by atoms with Crippen LogP contribution < -0.4 is 32.1 Å². The molecule has 0 saturated carbocycles. The number of aryl methyl sites for hydroxylation is 1. The van der Waals surface area contributed by atoms with Gasteiger partial charge in [-0.2, -0.15) is 0 Å². The lowest BCUT2D eigenvalue weighted by Crippen LogP contribution is -2.60. The molecule has 0 bridgehead atoms. The average molecular weight is 1390 g/mol. The zero-order valence-corrected chi connectivity index (χ0v) is 55.9. The number of fused-ring (bicyclic) bond motifs is 6. The largest absolute Gasteiger partial charge is 0.501 e. The summed E-state index contributed by atoms with van der Waals surface area (Å²) in [4.78, 5) is 62.3. The van der Waals surface area contributed by atoms with Crippen molar-refractivity contribution in [2.24, 2.45) is 22.1 Å². The summed E-state index contributed by atoms with van der Waals surface area (Å²) in [6.07, 6.45) is -1.85. The van der Waals surface area contributed by atoms with Crippen molar-refractivity contribution in [3.63, 3.8) is 0 Å². The van der Waals surface area contributed by atoms with Gasteiger partial charge in [-0.15, -0.1) is 8.42 Å². The van der Waals surface area contributed by atoms with Crippen molar-refractivity contribution < 1.29 is 98.7 Å².